The Balaban J connectivity index is 0.000000968. The Bertz CT molecular complexity index is 1130. The molecule has 1 aliphatic heterocycles. The molecular weight excluding hydrogens is 420 g/mol. The maximum atomic E-state index is 12.9. The highest BCUT2D eigenvalue weighted by molar-refractivity contribution is 6.07. The Morgan fingerprint density at radius 2 is 1.76 bits per heavy atom. The molecule has 8 heteroatoms. The first kappa shape index (κ1) is 24.0. The quantitative estimate of drug-likeness (QED) is 0.500. The summed E-state index contributed by atoms with van der Waals surface area (Å²) >= 11 is 0. The molecule has 0 radical (unpaired) electrons. The minimum absolute atomic E-state index is 0.116. The lowest BCUT2D eigenvalue weighted by molar-refractivity contribution is -0.122. The maximum absolute atomic E-state index is 12.9. The van der Waals surface area contributed by atoms with Gasteiger partial charge < -0.3 is 25.2 Å². The number of rotatable bonds is 6. The van der Waals surface area contributed by atoms with Crippen LogP contribution in [-0.2, 0) is 11.8 Å². The predicted octanol–water partition coefficient (Wildman–Crippen LogP) is 3.27. The molecule has 0 saturated carbocycles. The summed E-state index contributed by atoms with van der Waals surface area (Å²) in [5.41, 5.74) is 3.70. The predicted molar refractivity (Wildman–Crippen MR) is 129 cm³/mol. The van der Waals surface area contributed by atoms with E-state index in [9.17, 15) is 9.59 Å². The highest BCUT2D eigenvalue weighted by Gasteiger charge is 2.16. The fourth-order valence-electron chi connectivity index (χ4n) is 4.03. The number of amides is 2. The molecule has 33 heavy (non-hydrogen) atoms. The van der Waals surface area contributed by atoms with Crippen LogP contribution in [0.2, 0.25) is 0 Å². The number of aromatic nitrogens is 1. The zero-order valence-corrected chi connectivity index (χ0v) is 19.0. The van der Waals surface area contributed by atoms with Crippen molar-refractivity contribution in [3.8, 4) is 0 Å². The molecule has 2 aromatic carbocycles. The Labute approximate surface area is 193 Å². The van der Waals surface area contributed by atoms with Crippen molar-refractivity contribution in [3.05, 3.63) is 65.4 Å². The van der Waals surface area contributed by atoms with Gasteiger partial charge in [-0.25, -0.2) is 0 Å². The second kappa shape index (κ2) is 11.3. The summed E-state index contributed by atoms with van der Waals surface area (Å²) < 4.78 is 1.88. The van der Waals surface area contributed by atoms with Crippen LogP contribution in [0.15, 0.2) is 48.5 Å². The van der Waals surface area contributed by atoms with Crippen LogP contribution in [0.5, 0.6) is 0 Å². The molecule has 8 nitrogen and oxygen atoms in total. The van der Waals surface area contributed by atoms with E-state index < -0.39 is 0 Å². The number of hydrogen-bond acceptors (Lipinski definition) is 4. The Morgan fingerprint density at radius 3 is 2.45 bits per heavy atom. The van der Waals surface area contributed by atoms with Crippen LogP contribution in [0.25, 0.3) is 10.9 Å². The van der Waals surface area contributed by atoms with Crippen LogP contribution in [0.4, 0.5) is 5.69 Å². The van der Waals surface area contributed by atoms with Crippen molar-refractivity contribution in [2.75, 3.05) is 31.5 Å². The molecule has 2 amide bonds. The van der Waals surface area contributed by atoms with Crippen LogP contribution < -0.4 is 10.6 Å². The van der Waals surface area contributed by atoms with Crippen LogP contribution >= 0.6 is 0 Å². The van der Waals surface area contributed by atoms with Crippen molar-refractivity contribution in [2.45, 2.75) is 19.8 Å². The first-order valence-corrected chi connectivity index (χ1v) is 11.0. The van der Waals surface area contributed by atoms with E-state index in [2.05, 4.69) is 15.5 Å². The molecule has 4 rings (SSSR count). The Morgan fingerprint density at radius 1 is 1.06 bits per heavy atom. The average molecular weight is 451 g/mol. The van der Waals surface area contributed by atoms with Gasteiger partial charge in [0.15, 0.2) is 0 Å². The molecule has 1 saturated heterocycles. The van der Waals surface area contributed by atoms with E-state index in [1.807, 2.05) is 54.9 Å². The van der Waals surface area contributed by atoms with E-state index in [1.165, 1.54) is 12.8 Å². The van der Waals surface area contributed by atoms with Crippen LogP contribution in [0.3, 0.4) is 0 Å². The molecule has 0 unspecified atom stereocenters. The fraction of sp³-hybridized carbons (Fsp3) is 0.320. The molecule has 174 valence electrons. The largest absolute Gasteiger partial charge is 0.483 e. The lowest BCUT2D eigenvalue weighted by Crippen LogP contribution is -2.33. The summed E-state index contributed by atoms with van der Waals surface area (Å²) in [6.07, 6.45) is 2.48. The topological polar surface area (TPSA) is 104 Å². The molecule has 1 aliphatic rings. The molecule has 3 aromatic rings. The second-order valence-corrected chi connectivity index (χ2v) is 8.04. The number of carboxylic acid groups (broad SMARTS) is 1. The molecule has 1 aromatic heterocycles. The molecule has 0 atom stereocenters. The number of para-hydroxylation sites is 1. The number of anilines is 1. The first-order chi connectivity index (χ1) is 15.9. The number of benzene rings is 2. The number of fused-ring (bicyclic) bond motifs is 1. The standard InChI is InChI=1S/C24H28N4O2.CH2O2/c1-17-9-10-19(23(29)25-11-14-28-12-5-6-13-28)15-20(17)26-24(30)22-16-18-7-3-4-8-21(18)27(22)2;2-1-3/h3-4,7-10,15-16H,5-6,11-14H2,1-2H3,(H,25,29)(H,26,30);1H,(H,2,3). The highest BCUT2D eigenvalue weighted by Crippen LogP contribution is 2.22. The van der Waals surface area contributed by atoms with Gasteiger partial charge in [-0.3, -0.25) is 14.4 Å². The molecular formula is C25H30N4O4. The minimum atomic E-state index is -0.250. The molecule has 0 spiro atoms. The number of hydrogen-bond donors (Lipinski definition) is 3. The van der Waals surface area contributed by atoms with E-state index in [4.69, 9.17) is 9.90 Å². The SMILES string of the molecule is Cc1ccc(C(=O)NCCN2CCCC2)cc1NC(=O)c1cc2ccccc2n1C.O=CO. The van der Waals surface area contributed by atoms with Crippen LogP contribution in [-0.4, -0.2) is 59.0 Å². The lowest BCUT2D eigenvalue weighted by atomic mass is 10.1. The third-order valence-corrected chi connectivity index (χ3v) is 5.84. The maximum Gasteiger partial charge on any atom is 0.290 e. The van der Waals surface area contributed by atoms with E-state index in [0.717, 1.165) is 36.1 Å². The zero-order chi connectivity index (χ0) is 23.8. The Hall–Kier alpha value is -3.65. The number of aryl methyl sites for hydroxylation is 2. The average Bonchev–Trinajstić information content (AvgIpc) is 3.44. The summed E-state index contributed by atoms with van der Waals surface area (Å²) in [5.74, 6) is -0.308. The summed E-state index contributed by atoms with van der Waals surface area (Å²) in [5, 5.41) is 13.9. The lowest BCUT2D eigenvalue weighted by Gasteiger charge is -2.15. The van der Waals surface area contributed by atoms with E-state index in [1.54, 1.807) is 12.1 Å². The summed E-state index contributed by atoms with van der Waals surface area (Å²) in [6.45, 7) is 5.41. The smallest absolute Gasteiger partial charge is 0.290 e. The number of carbonyl (C=O) groups is 3. The Kier molecular flexibility index (Phi) is 8.21. The number of carbonyl (C=O) groups excluding carboxylic acids is 2. The van der Waals surface area contributed by atoms with Gasteiger partial charge in [0.2, 0.25) is 0 Å². The molecule has 1 fully saturated rings. The highest BCUT2D eigenvalue weighted by atomic mass is 16.3. The van der Waals surface area contributed by atoms with Crippen molar-refractivity contribution in [1.29, 1.82) is 0 Å². The van der Waals surface area contributed by atoms with E-state index in [-0.39, 0.29) is 18.3 Å². The van der Waals surface area contributed by atoms with Gasteiger partial charge in [-0.2, -0.15) is 0 Å². The van der Waals surface area contributed by atoms with E-state index in [0.29, 0.717) is 23.5 Å². The van der Waals surface area contributed by atoms with Gasteiger partial charge >= 0.3 is 0 Å². The monoisotopic (exact) mass is 450 g/mol. The van der Waals surface area contributed by atoms with Gasteiger partial charge in [0, 0.05) is 42.3 Å². The molecule has 2 heterocycles. The van der Waals surface area contributed by atoms with Crippen LogP contribution in [0.1, 0.15) is 39.3 Å². The van der Waals surface area contributed by atoms with Crippen molar-refractivity contribution >= 4 is 34.9 Å². The van der Waals surface area contributed by atoms with Gasteiger partial charge in [0.05, 0.1) is 0 Å². The van der Waals surface area contributed by atoms with Crippen molar-refractivity contribution in [3.63, 3.8) is 0 Å². The van der Waals surface area contributed by atoms with Gasteiger partial charge in [-0.15, -0.1) is 0 Å². The number of nitrogens with zero attached hydrogens (tertiary/aromatic N) is 2. The zero-order valence-electron chi connectivity index (χ0n) is 19.0. The molecule has 0 bridgehead atoms. The second-order valence-electron chi connectivity index (χ2n) is 8.04. The normalized spacial score (nSPS) is 13.3. The van der Waals surface area contributed by atoms with Gasteiger partial charge in [0.1, 0.15) is 5.69 Å². The van der Waals surface area contributed by atoms with Crippen molar-refractivity contribution in [2.24, 2.45) is 7.05 Å². The number of nitrogens with one attached hydrogen (secondary N) is 2. The molecule has 3 N–H and O–H groups in total. The van der Waals surface area contributed by atoms with Crippen molar-refractivity contribution in [1.82, 2.24) is 14.8 Å². The molecule has 0 aliphatic carbocycles. The number of likely N-dealkylation sites (tertiary alicyclic amines) is 1. The van der Waals surface area contributed by atoms with E-state index >= 15 is 0 Å². The van der Waals surface area contributed by atoms with Crippen molar-refractivity contribution < 1.29 is 19.5 Å². The fourth-order valence-corrected chi connectivity index (χ4v) is 4.03. The minimum Gasteiger partial charge on any atom is -0.483 e. The first-order valence-electron chi connectivity index (χ1n) is 11.0. The summed E-state index contributed by atoms with van der Waals surface area (Å²) in [4.78, 5) is 36.2. The van der Waals surface area contributed by atoms with Gasteiger partial charge in [0.25, 0.3) is 18.3 Å². The summed E-state index contributed by atoms with van der Waals surface area (Å²) in [6, 6.07) is 15.2. The summed E-state index contributed by atoms with van der Waals surface area (Å²) in [7, 11) is 1.88. The van der Waals surface area contributed by atoms with Crippen LogP contribution in [0, 0.1) is 6.92 Å². The van der Waals surface area contributed by atoms with Gasteiger partial charge in [-0.05, 0) is 62.7 Å². The third-order valence-electron chi connectivity index (χ3n) is 5.84. The third kappa shape index (κ3) is 5.98. The van der Waals surface area contributed by atoms with Gasteiger partial charge in [-0.1, -0.05) is 24.3 Å².